The van der Waals surface area contributed by atoms with Crippen molar-refractivity contribution in [2.24, 2.45) is 5.92 Å². The van der Waals surface area contributed by atoms with E-state index < -0.39 is 15.6 Å². The third-order valence-electron chi connectivity index (χ3n) is 9.19. The number of nitrogens with zero attached hydrogens (tertiary/aromatic N) is 3. The standard InChI is InChI=1S/C31H34N4O2S/c1-22-32-29-14-8-9-15-30(29)35(22)27-18-25-16-17-26(19-27)34(25)21-24-20-31(24,23-10-4-2-5-11-23)33-38(36,37)28-12-6-3-7-13-28/h2-15,24-27,33H,16-21H2,1H3/t24-,25-,26+,27?,31+/m0/s1. The monoisotopic (exact) mass is 526 g/mol. The van der Waals surface area contributed by atoms with Crippen molar-refractivity contribution in [1.29, 1.82) is 0 Å². The molecule has 7 heteroatoms. The third kappa shape index (κ3) is 3.99. The maximum Gasteiger partial charge on any atom is 0.241 e. The van der Waals surface area contributed by atoms with E-state index in [1.54, 1.807) is 24.3 Å². The second kappa shape index (κ2) is 9.04. The number of para-hydroxylation sites is 2. The van der Waals surface area contributed by atoms with Crippen LogP contribution in [0.15, 0.2) is 89.8 Å². The van der Waals surface area contributed by atoms with Crippen molar-refractivity contribution in [3.05, 3.63) is 96.3 Å². The minimum Gasteiger partial charge on any atom is -0.325 e. The van der Waals surface area contributed by atoms with Crippen molar-refractivity contribution >= 4 is 21.1 Å². The van der Waals surface area contributed by atoms with Gasteiger partial charge in [0.25, 0.3) is 0 Å². The molecule has 1 aromatic heterocycles. The van der Waals surface area contributed by atoms with Crippen LogP contribution in [0.1, 0.15) is 49.5 Å². The molecule has 1 aliphatic carbocycles. The minimum atomic E-state index is -3.63. The normalized spacial score (nSPS) is 29.1. The van der Waals surface area contributed by atoms with Crippen molar-refractivity contribution in [3.63, 3.8) is 0 Å². The molecule has 196 valence electrons. The average molecular weight is 527 g/mol. The number of piperidine rings is 1. The first kappa shape index (κ1) is 24.1. The molecular formula is C31H34N4O2S. The molecule has 7 rings (SSSR count). The summed E-state index contributed by atoms with van der Waals surface area (Å²) in [6, 6.07) is 28.9. The molecule has 38 heavy (non-hydrogen) atoms. The van der Waals surface area contributed by atoms with E-state index in [1.165, 1.54) is 18.4 Å². The molecule has 6 nitrogen and oxygen atoms in total. The maximum absolute atomic E-state index is 13.4. The second-order valence-corrected chi connectivity index (χ2v) is 13.1. The third-order valence-corrected chi connectivity index (χ3v) is 10.7. The maximum atomic E-state index is 13.4. The smallest absolute Gasteiger partial charge is 0.241 e. The Balaban J connectivity index is 1.13. The molecule has 1 N–H and O–H groups in total. The summed E-state index contributed by atoms with van der Waals surface area (Å²) in [5.41, 5.74) is 2.83. The van der Waals surface area contributed by atoms with Crippen molar-refractivity contribution in [2.45, 2.75) is 67.6 Å². The Morgan fingerprint density at radius 2 is 1.50 bits per heavy atom. The summed E-state index contributed by atoms with van der Waals surface area (Å²) < 4.78 is 32.5. The lowest BCUT2D eigenvalue weighted by molar-refractivity contribution is 0.0991. The Morgan fingerprint density at radius 3 is 2.21 bits per heavy atom. The number of hydrogen-bond donors (Lipinski definition) is 1. The van der Waals surface area contributed by atoms with Crippen molar-refractivity contribution in [2.75, 3.05) is 6.54 Å². The Kier molecular flexibility index (Phi) is 5.73. The summed E-state index contributed by atoms with van der Waals surface area (Å²) in [5.74, 6) is 1.35. The second-order valence-electron chi connectivity index (χ2n) is 11.4. The summed E-state index contributed by atoms with van der Waals surface area (Å²) in [7, 11) is -3.63. The molecule has 3 aromatic carbocycles. The fourth-order valence-corrected chi connectivity index (χ4v) is 8.84. The van der Waals surface area contributed by atoms with Crippen LogP contribution in [0.25, 0.3) is 11.0 Å². The van der Waals surface area contributed by atoms with E-state index >= 15 is 0 Å². The highest BCUT2D eigenvalue weighted by Crippen LogP contribution is 2.55. The number of aryl methyl sites for hydroxylation is 1. The summed E-state index contributed by atoms with van der Waals surface area (Å²) in [6.45, 7) is 3.06. The predicted molar refractivity (Wildman–Crippen MR) is 149 cm³/mol. The zero-order valence-corrected chi connectivity index (χ0v) is 22.5. The van der Waals surface area contributed by atoms with Gasteiger partial charge in [0, 0.05) is 24.7 Å². The molecule has 5 atom stereocenters. The number of nitrogens with one attached hydrogen (secondary N) is 1. The highest BCUT2D eigenvalue weighted by atomic mass is 32.2. The zero-order valence-electron chi connectivity index (χ0n) is 21.7. The van der Waals surface area contributed by atoms with Crippen LogP contribution in [0.5, 0.6) is 0 Å². The Bertz CT molecular complexity index is 1560. The first-order valence-corrected chi connectivity index (χ1v) is 15.3. The quantitative estimate of drug-likeness (QED) is 0.350. The van der Waals surface area contributed by atoms with Gasteiger partial charge in [-0.3, -0.25) is 4.90 Å². The van der Waals surface area contributed by atoms with Gasteiger partial charge in [0.1, 0.15) is 5.82 Å². The van der Waals surface area contributed by atoms with Gasteiger partial charge in [0.15, 0.2) is 0 Å². The molecule has 2 bridgehead atoms. The molecule has 2 saturated heterocycles. The van der Waals surface area contributed by atoms with Gasteiger partial charge in [-0.25, -0.2) is 18.1 Å². The van der Waals surface area contributed by atoms with Crippen molar-refractivity contribution < 1.29 is 8.42 Å². The Morgan fingerprint density at radius 1 is 0.868 bits per heavy atom. The highest BCUT2D eigenvalue weighted by Gasteiger charge is 2.59. The molecule has 3 aliphatic rings. The topological polar surface area (TPSA) is 67.2 Å². The molecule has 2 aliphatic heterocycles. The van der Waals surface area contributed by atoms with E-state index in [9.17, 15) is 8.42 Å². The molecule has 3 fully saturated rings. The minimum absolute atomic E-state index is 0.249. The van der Waals surface area contributed by atoms with Gasteiger partial charge in [0.05, 0.1) is 21.5 Å². The molecule has 1 saturated carbocycles. The molecule has 3 heterocycles. The number of imidazole rings is 1. The van der Waals surface area contributed by atoms with Crippen LogP contribution < -0.4 is 4.72 Å². The lowest BCUT2D eigenvalue weighted by Crippen LogP contribution is -2.46. The van der Waals surface area contributed by atoms with Crippen LogP contribution in [-0.4, -0.2) is 41.5 Å². The van der Waals surface area contributed by atoms with Gasteiger partial charge in [-0.1, -0.05) is 60.7 Å². The fraction of sp³-hybridized carbons (Fsp3) is 0.387. The van der Waals surface area contributed by atoms with Crippen LogP contribution in [0.4, 0.5) is 0 Å². The summed E-state index contributed by atoms with van der Waals surface area (Å²) in [4.78, 5) is 7.86. The average Bonchev–Trinajstić information content (AvgIpc) is 3.42. The number of sulfonamides is 1. The fourth-order valence-electron chi connectivity index (χ4n) is 7.36. The van der Waals surface area contributed by atoms with Gasteiger partial charge in [-0.15, -0.1) is 0 Å². The van der Waals surface area contributed by atoms with Gasteiger partial charge in [-0.05, 0) is 74.8 Å². The predicted octanol–water partition coefficient (Wildman–Crippen LogP) is 5.41. The van der Waals surface area contributed by atoms with Crippen molar-refractivity contribution in [3.8, 4) is 0 Å². The molecule has 0 radical (unpaired) electrons. The Hall–Kier alpha value is -3.00. The van der Waals surface area contributed by atoms with Gasteiger partial charge in [0.2, 0.25) is 10.0 Å². The van der Waals surface area contributed by atoms with Crippen LogP contribution in [0.2, 0.25) is 0 Å². The number of rotatable bonds is 7. The first-order valence-electron chi connectivity index (χ1n) is 13.8. The van der Waals surface area contributed by atoms with Crippen LogP contribution in [-0.2, 0) is 15.6 Å². The lowest BCUT2D eigenvalue weighted by atomic mass is 9.95. The SMILES string of the molecule is Cc1nc2ccccc2n1C1C[C@H]2CC[C@@H](C1)N2C[C@@H]1C[C@@]1(NS(=O)(=O)c1ccccc1)c1ccccc1. The number of hydrogen-bond acceptors (Lipinski definition) is 4. The number of aromatic nitrogens is 2. The largest absolute Gasteiger partial charge is 0.325 e. The van der Waals surface area contributed by atoms with Gasteiger partial charge < -0.3 is 4.57 Å². The highest BCUT2D eigenvalue weighted by molar-refractivity contribution is 7.89. The Labute approximate surface area is 224 Å². The summed E-state index contributed by atoms with van der Waals surface area (Å²) >= 11 is 0. The molecule has 1 unspecified atom stereocenters. The molecule has 0 amide bonds. The van der Waals surface area contributed by atoms with E-state index in [-0.39, 0.29) is 5.92 Å². The number of benzene rings is 3. The summed E-state index contributed by atoms with van der Waals surface area (Å²) in [5, 5.41) is 0. The van der Waals surface area contributed by atoms with Crippen LogP contribution in [0, 0.1) is 12.8 Å². The van der Waals surface area contributed by atoms with Crippen LogP contribution >= 0.6 is 0 Å². The molecule has 0 spiro atoms. The number of fused-ring (bicyclic) bond motifs is 3. The van der Waals surface area contributed by atoms with E-state index in [0.717, 1.165) is 42.7 Å². The summed E-state index contributed by atoms with van der Waals surface area (Å²) in [6.07, 6.45) is 5.51. The van der Waals surface area contributed by atoms with Gasteiger partial charge in [-0.2, -0.15) is 0 Å². The van der Waals surface area contributed by atoms with E-state index in [1.807, 2.05) is 24.3 Å². The molecular weight excluding hydrogens is 492 g/mol. The molecule has 4 aromatic rings. The van der Waals surface area contributed by atoms with E-state index in [0.29, 0.717) is 23.0 Å². The van der Waals surface area contributed by atoms with Gasteiger partial charge >= 0.3 is 0 Å². The van der Waals surface area contributed by atoms with E-state index in [4.69, 9.17) is 4.98 Å². The first-order chi connectivity index (χ1) is 18.4. The zero-order chi connectivity index (χ0) is 25.9. The lowest BCUT2D eigenvalue weighted by Gasteiger charge is -2.40. The van der Waals surface area contributed by atoms with Crippen molar-refractivity contribution in [1.82, 2.24) is 19.2 Å². The van der Waals surface area contributed by atoms with Crippen LogP contribution in [0.3, 0.4) is 0 Å². The van der Waals surface area contributed by atoms with E-state index in [2.05, 4.69) is 57.5 Å².